The molecule has 1 atom stereocenters. The summed E-state index contributed by atoms with van der Waals surface area (Å²) < 4.78 is 25.8. The van der Waals surface area contributed by atoms with Crippen molar-refractivity contribution in [3.05, 3.63) is 17.7 Å². The Balaban J connectivity index is 2.25. The van der Waals surface area contributed by atoms with E-state index in [9.17, 15) is 8.42 Å². The third kappa shape index (κ3) is 2.59. The van der Waals surface area contributed by atoms with E-state index >= 15 is 0 Å². The van der Waals surface area contributed by atoms with Crippen molar-refractivity contribution in [3.8, 4) is 0 Å². The quantitative estimate of drug-likeness (QED) is 0.782. The zero-order valence-corrected chi connectivity index (χ0v) is 11.2. The molecular formula is C10H14ClN3O2S. The summed E-state index contributed by atoms with van der Waals surface area (Å²) in [5.41, 5.74) is 0. The predicted octanol–water partition coefficient (Wildman–Crippen LogP) is 1.55. The third-order valence-electron chi connectivity index (χ3n) is 3.15. The molecule has 1 heterocycles. The van der Waals surface area contributed by atoms with Crippen molar-refractivity contribution in [1.29, 1.82) is 0 Å². The minimum atomic E-state index is -3.51. The Labute approximate surface area is 106 Å². The number of rotatable bonds is 4. The summed E-state index contributed by atoms with van der Waals surface area (Å²) in [6.07, 6.45) is 4.66. The van der Waals surface area contributed by atoms with Crippen LogP contribution in [0.25, 0.3) is 0 Å². The van der Waals surface area contributed by atoms with Gasteiger partial charge in [0.25, 0.3) is 0 Å². The molecule has 2 rings (SSSR count). The molecule has 1 aromatic rings. The highest BCUT2D eigenvalue weighted by Gasteiger charge is 2.36. The van der Waals surface area contributed by atoms with Crippen molar-refractivity contribution in [1.82, 2.24) is 14.3 Å². The first-order valence-electron chi connectivity index (χ1n) is 5.38. The molecule has 1 fully saturated rings. The molecule has 0 spiro atoms. The van der Waals surface area contributed by atoms with Crippen molar-refractivity contribution in [2.24, 2.45) is 5.92 Å². The van der Waals surface area contributed by atoms with E-state index < -0.39 is 10.0 Å². The Morgan fingerprint density at radius 2 is 1.94 bits per heavy atom. The highest BCUT2D eigenvalue weighted by Crippen LogP contribution is 2.36. The molecule has 0 N–H and O–H groups in total. The van der Waals surface area contributed by atoms with E-state index in [0.717, 1.165) is 12.8 Å². The van der Waals surface area contributed by atoms with Gasteiger partial charge in [0.2, 0.25) is 15.3 Å². The van der Waals surface area contributed by atoms with E-state index in [4.69, 9.17) is 11.6 Å². The lowest BCUT2D eigenvalue weighted by Crippen LogP contribution is -2.36. The van der Waals surface area contributed by atoms with Crippen LogP contribution in [0.1, 0.15) is 19.8 Å². The lowest BCUT2D eigenvalue weighted by molar-refractivity contribution is 0.357. The molecule has 0 radical (unpaired) electrons. The van der Waals surface area contributed by atoms with Crippen molar-refractivity contribution < 1.29 is 8.42 Å². The van der Waals surface area contributed by atoms with Crippen molar-refractivity contribution in [2.45, 2.75) is 30.7 Å². The minimum absolute atomic E-state index is 0.00989. The largest absolute Gasteiger partial charge is 0.246 e. The van der Waals surface area contributed by atoms with Crippen molar-refractivity contribution >= 4 is 21.6 Å². The van der Waals surface area contributed by atoms with E-state index in [0.29, 0.717) is 5.92 Å². The highest BCUT2D eigenvalue weighted by molar-refractivity contribution is 7.89. The van der Waals surface area contributed by atoms with E-state index in [-0.39, 0.29) is 16.2 Å². The van der Waals surface area contributed by atoms with Gasteiger partial charge in [0.1, 0.15) is 4.90 Å². The van der Waals surface area contributed by atoms with Crippen LogP contribution in [0.4, 0.5) is 0 Å². The Morgan fingerprint density at radius 3 is 2.41 bits per heavy atom. The summed E-state index contributed by atoms with van der Waals surface area (Å²) in [5.74, 6) is 0.475. The molecule has 17 heavy (non-hydrogen) atoms. The summed E-state index contributed by atoms with van der Waals surface area (Å²) in [5, 5.41) is 0.0434. The third-order valence-corrected chi connectivity index (χ3v) is 5.24. The van der Waals surface area contributed by atoms with Gasteiger partial charge < -0.3 is 0 Å². The van der Waals surface area contributed by atoms with E-state index in [1.54, 1.807) is 7.05 Å². The van der Waals surface area contributed by atoms with Crippen molar-refractivity contribution in [2.75, 3.05) is 7.05 Å². The fourth-order valence-electron chi connectivity index (χ4n) is 1.69. The van der Waals surface area contributed by atoms with Crippen LogP contribution in [0.5, 0.6) is 0 Å². The summed E-state index contributed by atoms with van der Waals surface area (Å²) in [6, 6.07) is 0.00989. The monoisotopic (exact) mass is 275 g/mol. The lowest BCUT2D eigenvalue weighted by atomic mass is 10.2. The zero-order chi connectivity index (χ0) is 12.6. The summed E-state index contributed by atoms with van der Waals surface area (Å²) in [4.78, 5) is 7.47. The molecule has 94 valence electrons. The molecule has 1 aliphatic carbocycles. The number of aromatic nitrogens is 2. The van der Waals surface area contributed by atoms with E-state index in [1.165, 1.54) is 16.7 Å². The molecule has 1 unspecified atom stereocenters. The van der Waals surface area contributed by atoms with Crippen LogP contribution in [0.3, 0.4) is 0 Å². The second-order valence-electron chi connectivity index (χ2n) is 4.29. The molecule has 0 bridgehead atoms. The van der Waals surface area contributed by atoms with Gasteiger partial charge in [-0.2, -0.15) is 4.31 Å². The second-order valence-corrected chi connectivity index (χ2v) is 6.62. The highest BCUT2D eigenvalue weighted by atomic mass is 35.5. The maximum Gasteiger partial charge on any atom is 0.246 e. The maximum absolute atomic E-state index is 12.2. The van der Waals surface area contributed by atoms with Crippen LogP contribution in [-0.4, -0.2) is 35.8 Å². The normalized spacial score (nSPS) is 18.4. The molecule has 0 amide bonds. The number of hydrogen-bond donors (Lipinski definition) is 0. The molecule has 0 aliphatic heterocycles. The standard InChI is InChI=1S/C10H14ClN3O2S/c1-7(8-3-4-8)14(2)17(15,16)9-5-12-10(11)13-6-9/h5-8H,3-4H2,1-2H3. The molecule has 1 aromatic heterocycles. The SMILES string of the molecule is CC(C1CC1)N(C)S(=O)(=O)c1cnc(Cl)nc1. The summed E-state index contributed by atoms with van der Waals surface area (Å²) >= 11 is 5.53. The van der Waals surface area contributed by atoms with Gasteiger partial charge in [-0.25, -0.2) is 18.4 Å². The van der Waals surface area contributed by atoms with Crippen LogP contribution in [0, 0.1) is 5.92 Å². The van der Waals surface area contributed by atoms with Gasteiger partial charge in [0.05, 0.1) is 12.4 Å². The second kappa shape index (κ2) is 4.51. The molecule has 1 saturated carbocycles. The lowest BCUT2D eigenvalue weighted by Gasteiger charge is -2.23. The van der Waals surface area contributed by atoms with Gasteiger partial charge in [0, 0.05) is 13.1 Å². The average Bonchev–Trinajstić information content (AvgIpc) is 3.11. The molecule has 0 aromatic carbocycles. The Hall–Kier alpha value is -0.720. The minimum Gasteiger partial charge on any atom is -0.225 e. The number of halogens is 1. The van der Waals surface area contributed by atoms with Crippen molar-refractivity contribution in [3.63, 3.8) is 0 Å². The number of hydrogen-bond acceptors (Lipinski definition) is 4. The van der Waals surface area contributed by atoms with Gasteiger partial charge >= 0.3 is 0 Å². The fraction of sp³-hybridized carbons (Fsp3) is 0.600. The van der Waals surface area contributed by atoms with Gasteiger partial charge in [-0.15, -0.1) is 0 Å². The van der Waals surface area contributed by atoms with Crippen LogP contribution in [0.15, 0.2) is 17.3 Å². The molecule has 1 aliphatic rings. The Bertz CT molecular complexity index is 499. The van der Waals surface area contributed by atoms with Crippen LogP contribution in [0.2, 0.25) is 5.28 Å². The smallest absolute Gasteiger partial charge is 0.225 e. The first-order valence-corrected chi connectivity index (χ1v) is 7.20. The van der Waals surface area contributed by atoms with Gasteiger partial charge in [-0.05, 0) is 37.3 Å². The first-order chi connectivity index (χ1) is 7.93. The molecule has 0 saturated heterocycles. The number of sulfonamides is 1. The molecule has 5 nitrogen and oxygen atoms in total. The first kappa shape index (κ1) is 12.7. The summed E-state index contributed by atoms with van der Waals surface area (Å²) in [7, 11) is -1.92. The fourth-order valence-corrected chi connectivity index (χ4v) is 3.11. The van der Waals surface area contributed by atoms with Crippen LogP contribution >= 0.6 is 11.6 Å². The average molecular weight is 276 g/mol. The van der Waals surface area contributed by atoms with Gasteiger partial charge in [-0.1, -0.05) is 0 Å². The molecule has 7 heteroatoms. The van der Waals surface area contributed by atoms with Crippen LogP contribution in [-0.2, 0) is 10.0 Å². The van der Waals surface area contributed by atoms with Gasteiger partial charge in [-0.3, -0.25) is 0 Å². The summed E-state index contributed by atoms with van der Waals surface area (Å²) in [6.45, 7) is 1.92. The number of nitrogens with zero attached hydrogens (tertiary/aromatic N) is 3. The Morgan fingerprint density at radius 1 is 1.41 bits per heavy atom. The van der Waals surface area contributed by atoms with Gasteiger partial charge in [0.15, 0.2) is 0 Å². The van der Waals surface area contributed by atoms with Crippen LogP contribution < -0.4 is 0 Å². The van der Waals surface area contributed by atoms with E-state index in [2.05, 4.69) is 9.97 Å². The predicted molar refractivity (Wildman–Crippen MR) is 64.2 cm³/mol. The zero-order valence-electron chi connectivity index (χ0n) is 9.67. The van der Waals surface area contributed by atoms with E-state index in [1.807, 2.05) is 6.92 Å². The molecular weight excluding hydrogens is 262 g/mol. The topological polar surface area (TPSA) is 63.2 Å². The Kier molecular flexibility index (Phi) is 3.38. The maximum atomic E-state index is 12.2.